The van der Waals surface area contributed by atoms with Crippen molar-refractivity contribution in [3.05, 3.63) is 28.0 Å². The van der Waals surface area contributed by atoms with Crippen LogP contribution in [-0.4, -0.2) is 15.9 Å². The predicted molar refractivity (Wildman–Crippen MR) is 53.2 cm³/mol. The van der Waals surface area contributed by atoms with E-state index >= 15 is 0 Å². The topological polar surface area (TPSA) is 45.5 Å². The monoisotopic (exact) mass is 240 g/mol. The van der Waals surface area contributed by atoms with E-state index in [0.717, 1.165) is 40.7 Å². The molecule has 0 aromatic carbocycles. The van der Waals surface area contributed by atoms with E-state index in [4.69, 9.17) is 5.21 Å². The van der Waals surface area contributed by atoms with Gasteiger partial charge in [-0.2, -0.15) is 0 Å². The zero-order valence-corrected chi connectivity index (χ0v) is 8.58. The van der Waals surface area contributed by atoms with E-state index in [1.54, 1.807) is 6.20 Å². The molecular weight excluding hydrogens is 232 g/mol. The SMILES string of the molecule is O/N=C1/CCCc2ncc(Br)cc21. The molecule has 0 spiro atoms. The Morgan fingerprint density at radius 3 is 3.08 bits per heavy atom. The molecule has 0 unspecified atom stereocenters. The summed E-state index contributed by atoms with van der Waals surface area (Å²) in [4.78, 5) is 4.28. The Bertz CT molecular complexity index is 363. The van der Waals surface area contributed by atoms with Gasteiger partial charge in [0.05, 0.1) is 5.71 Å². The molecular formula is C9H9BrN2O. The van der Waals surface area contributed by atoms with Crippen LogP contribution in [0, 0.1) is 0 Å². The normalized spacial score (nSPS) is 18.7. The third-order valence-electron chi connectivity index (χ3n) is 2.20. The second kappa shape index (κ2) is 3.46. The largest absolute Gasteiger partial charge is 0.411 e. The lowest BCUT2D eigenvalue weighted by atomic mass is 9.94. The number of aryl methyl sites for hydroxylation is 1. The van der Waals surface area contributed by atoms with Gasteiger partial charge in [0.15, 0.2) is 0 Å². The van der Waals surface area contributed by atoms with E-state index in [1.165, 1.54) is 0 Å². The summed E-state index contributed by atoms with van der Waals surface area (Å²) < 4.78 is 0.925. The molecule has 0 atom stereocenters. The maximum absolute atomic E-state index is 8.77. The molecule has 68 valence electrons. The molecule has 1 aromatic rings. The second-order valence-corrected chi connectivity index (χ2v) is 3.96. The summed E-state index contributed by atoms with van der Waals surface area (Å²) >= 11 is 3.35. The molecule has 0 saturated heterocycles. The van der Waals surface area contributed by atoms with Crippen LogP contribution in [0.1, 0.15) is 24.1 Å². The Morgan fingerprint density at radius 1 is 1.46 bits per heavy atom. The first-order valence-electron chi connectivity index (χ1n) is 4.17. The average Bonchev–Trinajstić information content (AvgIpc) is 2.17. The molecule has 1 heterocycles. The number of hydrogen-bond donors (Lipinski definition) is 1. The fourth-order valence-electron chi connectivity index (χ4n) is 1.58. The van der Waals surface area contributed by atoms with Crippen LogP contribution in [0.3, 0.4) is 0 Å². The maximum atomic E-state index is 8.77. The first-order valence-corrected chi connectivity index (χ1v) is 4.96. The molecule has 13 heavy (non-hydrogen) atoms. The van der Waals surface area contributed by atoms with Crippen LogP contribution in [0.5, 0.6) is 0 Å². The molecule has 0 amide bonds. The highest BCUT2D eigenvalue weighted by atomic mass is 79.9. The van der Waals surface area contributed by atoms with Gasteiger partial charge >= 0.3 is 0 Å². The van der Waals surface area contributed by atoms with Crippen LogP contribution in [0.25, 0.3) is 0 Å². The van der Waals surface area contributed by atoms with Crippen molar-refractivity contribution in [2.45, 2.75) is 19.3 Å². The van der Waals surface area contributed by atoms with Crippen molar-refractivity contribution in [3.8, 4) is 0 Å². The van der Waals surface area contributed by atoms with Gasteiger partial charge < -0.3 is 5.21 Å². The Labute approximate surface area is 84.6 Å². The third kappa shape index (κ3) is 1.58. The number of oxime groups is 1. The second-order valence-electron chi connectivity index (χ2n) is 3.05. The highest BCUT2D eigenvalue weighted by molar-refractivity contribution is 9.10. The van der Waals surface area contributed by atoms with Crippen molar-refractivity contribution < 1.29 is 5.21 Å². The van der Waals surface area contributed by atoms with Gasteiger partial charge in [0.2, 0.25) is 0 Å². The Hall–Kier alpha value is -0.900. The third-order valence-corrected chi connectivity index (χ3v) is 2.63. The zero-order chi connectivity index (χ0) is 9.26. The first-order chi connectivity index (χ1) is 6.31. The molecule has 1 aliphatic rings. The molecule has 1 aromatic heterocycles. The number of aromatic nitrogens is 1. The molecule has 4 heteroatoms. The van der Waals surface area contributed by atoms with Crippen molar-refractivity contribution in [1.82, 2.24) is 4.98 Å². The summed E-state index contributed by atoms with van der Waals surface area (Å²) in [5.74, 6) is 0. The first kappa shape index (κ1) is 8.69. The summed E-state index contributed by atoms with van der Waals surface area (Å²) in [7, 11) is 0. The van der Waals surface area contributed by atoms with Gasteiger partial charge in [-0.15, -0.1) is 0 Å². The molecule has 1 N–H and O–H groups in total. The minimum absolute atomic E-state index is 0.745. The predicted octanol–water partition coefficient (Wildman–Crippen LogP) is 2.36. The summed E-state index contributed by atoms with van der Waals surface area (Å²) in [6.45, 7) is 0. The van der Waals surface area contributed by atoms with Crippen LogP contribution in [0.2, 0.25) is 0 Å². The van der Waals surface area contributed by atoms with Crippen molar-refractivity contribution in [1.29, 1.82) is 0 Å². The fourth-order valence-corrected chi connectivity index (χ4v) is 1.91. The van der Waals surface area contributed by atoms with Gasteiger partial charge in [0.1, 0.15) is 0 Å². The summed E-state index contributed by atoms with van der Waals surface area (Å²) in [5, 5.41) is 12.1. The van der Waals surface area contributed by atoms with Crippen LogP contribution >= 0.6 is 15.9 Å². The summed E-state index contributed by atoms with van der Waals surface area (Å²) in [6, 6.07) is 1.95. The zero-order valence-electron chi connectivity index (χ0n) is 7.00. The van der Waals surface area contributed by atoms with Crippen LogP contribution in [0.15, 0.2) is 21.9 Å². The van der Waals surface area contributed by atoms with E-state index in [0.29, 0.717) is 0 Å². The van der Waals surface area contributed by atoms with Crippen LogP contribution in [-0.2, 0) is 6.42 Å². The molecule has 0 saturated carbocycles. The minimum Gasteiger partial charge on any atom is -0.411 e. The van der Waals surface area contributed by atoms with Crippen molar-refractivity contribution in [2.75, 3.05) is 0 Å². The van der Waals surface area contributed by atoms with Gasteiger partial charge in [-0.3, -0.25) is 4.98 Å². The van der Waals surface area contributed by atoms with Crippen LogP contribution < -0.4 is 0 Å². The van der Waals surface area contributed by atoms with Gasteiger partial charge in [-0.1, -0.05) is 5.16 Å². The van der Waals surface area contributed by atoms with Gasteiger partial charge in [-0.05, 0) is 41.3 Å². The number of hydrogen-bond acceptors (Lipinski definition) is 3. The smallest absolute Gasteiger partial charge is 0.0886 e. The van der Waals surface area contributed by atoms with Crippen molar-refractivity contribution >= 4 is 21.6 Å². The van der Waals surface area contributed by atoms with E-state index in [9.17, 15) is 0 Å². The van der Waals surface area contributed by atoms with Gasteiger partial charge in [0, 0.05) is 21.9 Å². The molecule has 0 radical (unpaired) electrons. The lowest BCUT2D eigenvalue weighted by molar-refractivity contribution is 0.317. The van der Waals surface area contributed by atoms with Gasteiger partial charge in [-0.25, -0.2) is 0 Å². The molecule has 1 aliphatic carbocycles. The minimum atomic E-state index is 0.745. The van der Waals surface area contributed by atoms with Crippen molar-refractivity contribution in [2.24, 2.45) is 5.16 Å². The lowest BCUT2D eigenvalue weighted by Crippen LogP contribution is -2.13. The number of nitrogens with zero attached hydrogens (tertiary/aromatic N) is 2. The van der Waals surface area contributed by atoms with E-state index in [1.807, 2.05) is 6.07 Å². The number of halogens is 1. The summed E-state index contributed by atoms with van der Waals surface area (Å²) in [6.07, 6.45) is 4.60. The maximum Gasteiger partial charge on any atom is 0.0886 e. The molecule has 0 aliphatic heterocycles. The Balaban J connectivity index is 2.54. The number of fused-ring (bicyclic) bond motifs is 1. The van der Waals surface area contributed by atoms with Crippen LogP contribution in [0.4, 0.5) is 0 Å². The van der Waals surface area contributed by atoms with E-state index in [-0.39, 0.29) is 0 Å². The highest BCUT2D eigenvalue weighted by Crippen LogP contribution is 2.22. The van der Waals surface area contributed by atoms with E-state index in [2.05, 4.69) is 26.1 Å². The average molecular weight is 241 g/mol. The number of rotatable bonds is 0. The van der Waals surface area contributed by atoms with Gasteiger partial charge in [0.25, 0.3) is 0 Å². The fraction of sp³-hybridized carbons (Fsp3) is 0.333. The quantitative estimate of drug-likeness (QED) is 0.559. The lowest BCUT2D eigenvalue weighted by Gasteiger charge is -2.15. The molecule has 0 bridgehead atoms. The highest BCUT2D eigenvalue weighted by Gasteiger charge is 2.16. The Morgan fingerprint density at radius 2 is 2.31 bits per heavy atom. The molecule has 0 fully saturated rings. The van der Waals surface area contributed by atoms with E-state index < -0.39 is 0 Å². The summed E-state index contributed by atoms with van der Waals surface area (Å²) in [5.41, 5.74) is 2.75. The number of pyridine rings is 1. The molecule has 2 rings (SSSR count). The standard InChI is InChI=1S/C9H9BrN2O/c10-6-4-7-8(11-5-6)2-1-3-9(7)12-13/h4-5,13H,1-3H2/b12-9-. The molecule has 3 nitrogen and oxygen atoms in total. The van der Waals surface area contributed by atoms with Crippen molar-refractivity contribution in [3.63, 3.8) is 0 Å². The Kier molecular flexibility index (Phi) is 2.31.